The molecule has 7 nitrogen and oxygen atoms in total. The molecule has 0 radical (unpaired) electrons. The van der Waals surface area contributed by atoms with E-state index >= 15 is 0 Å². The Morgan fingerprint density at radius 2 is 1.73 bits per heavy atom. The van der Waals surface area contributed by atoms with Crippen LogP contribution in [0.5, 0.6) is 11.5 Å². The molecule has 2 aromatic rings. The molecule has 0 aromatic heterocycles. The molecule has 1 atom stereocenters. The van der Waals surface area contributed by atoms with Crippen molar-refractivity contribution in [3.63, 3.8) is 0 Å². The number of hydrogen-bond donors (Lipinski definition) is 1. The molecule has 0 fully saturated rings. The van der Waals surface area contributed by atoms with Crippen molar-refractivity contribution in [3.8, 4) is 11.5 Å². The van der Waals surface area contributed by atoms with Crippen molar-refractivity contribution in [2.45, 2.75) is 45.4 Å². The van der Waals surface area contributed by atoms with E-state index in [1.165, 1.54) is 12.0 Å². The molecule has 3 rings (SSSR count). The van der Waals surface area contributed by atoms with Gasteiger partial charge in [0.2, 0.25) is 5.91 Å². The monoisotopic (exact) mass is 412 g/mol. The Kier molecular flexibility index (Phi) is 6.20. The largest absolute Gasteiger partial charge is 0.497 e. The Bertz CT molecular complexity index is 935. The summed E-state index contributed by atoms with van der Waals surface area (Å²) in [6.45, 7) is 5.72. The summed E-state index contributed by atoms with van der Waals surface area (Å²) >= 11 is 0. The highest BCUT2D eigenvalue weighted by molar-refractivity contribution is 5.98. The number of rotatable bonds is 4. The smallest absolute Gasteiger partial charge is 0.411 e. The zero-order valence-corrected chi connectivity index (χ0v) is 18.0. The number of fused-ring (bicyclic) bond motifs is 1. The minimum Gasteiger partial charge on any atom is -0.497 e. The number of carbonyl (C=O) groups is 2. The van der Waals surface area contributed by atoms with Gasteiger partial charge >= 0.3 is 6.09 Å². The zero-order chi connectivity index (χ0) is 21.9. The van der Waals surface area contributed by atoms with Gasteiger partial charge in [-0.1, -0.05) is 24.3 Å². The summed E-state index contributed by atoms with van der Waals surface area (Å²) in [5.74, 6) is 0.773. The molecule has 0 saturated heterocycles. The number of hydrogen-bond acceptors (Lipinski definition) is 5. The Balaban J connectivity index is 1.90. The van der Waals surface area contributed by atoms with Crippen LogP contribution in [0.15, 0.2) is 42.5 Å². The van der Waals surface area contributed by atoms with Gasteiger partial charge in [-0.3, -0.25) is 9.69 Å². The Labute approximate surface area is 176 Å². The maximum Gasteiger partial charge on any atom is 0.411 e. The Morgan fingerprint density at radius 1 is 1.03 bits per heavy atom. The summed E-state index contributed by atoms with van der Waals surface area (Å²) in [5, 5.41) is 2.89. The molecule has 1 aliphatic heterocycles. The molecule has 7 heteroatoms. The van der Waals surface area contributed by atoms with Crippen LogP contribution in [0.4, 0.5) is 10.5 Å². The van der Waals surface area contributed by atoms with Gasteiger partial charge < -0.3 is 19.5 Å². The van der Waals surface area contributed by atoms with Crippen molar-refractivity contribution >= 4 is 17.7 Å². The Morgan fingerprint density at radius 3 is 2.37 bits per heavy atom. The van der Waals surface area contributed by atoms with E-state index in [9.17, 15) is 9.59 Å². The van der Waals surface area contributed by atoms with Gasteiger partial charge in [0, 0.05) is 12.5 Å². The van der Waals surface area contributed by atoms with Gasteiger partial charge in [0.05, 0.1) is 26.5 Å². The lowest BCUT2D eigenvalue weighted by Gasteiger charge is -2.37. The number of nitrogens with one attached hydrogen (secondary N) is 1. The first-order valence-corrected chi connectivity index (χ1v) is 9.81. The normalized spacial score (nSPS) is 15.8. The van der Waals surface area contributed by atoms with Crippen molar-refractivity contribution < 1.29 is 23.8 Å². The summed E-state index contributed by atoms with van der Waals surface area (Å²) in [5.41, 5.74) is 1.86. The van der Waals surface area contributed by atoms with Gasteiger partial charge in [-0.25, -0.2) is 4.79 Å². The first kappa shape index (κ1) is 21.5. The Hall–Kier alpha value is -3.22. The summed E-state index contributed by atoms with van der Waals surface area (Å²) in [6.07, 6.45) is -0.122. The second-order valence-electron chi connectivity index (χ2n) is 8.15. The highest BCUT2D eigenvalue weighted by Gasteiger charge is 2.37. The van der Waals surface area contributed by atoms with E-state index in [0.29, 0.717) is 30.2 Å². The van der Waals surface area contributed by atoms with E-state index < -0.39 is 17.7 Å². The van der Waals surface area contributed by atoms with Crippen LogP contribution in [-0.2, 0) is 22.5 Å². The van der Waals surface area contributed by atoms with E-state index in [1.807, 2.05) is 24.3 Å². The second kappa shape index (κ2) is 8.65. The topological polar surface area (TPSA) is 77.1 Å². The van der Waals surface area contributed by atoms with Crippen LogP contribution in [0.1, 0.15) is 31.9 Å². The minimum absolute atomic E-state index is 0.304. The number of nitrogens with zero attached hydrogens (tertiary/aromatic N) is 1. The van der Waals surface area contributed by atoms with Crippen molar-refractivity contribution in [1.82, 2.24) is 4.90 Å². The first-order chi connectivity index (χ1) is 14.2. The van der Waals surface area contributed by atoms with Gasteiger partial charge in [0.1, 0.15) is 23.1 Å². The molecule has 30 heavy (non-hydrogen) atoms. The number of methoxy groups -OCH3 is 2. The first-order valence-electron chi connectivity index (χ1n) is 9.81. The predicted octanol–water partition coefficient (Wildman–Crippen LogP) is 4.00. The summed E-state index contributed by atoms with van der Waals surface area (Å²) in [7, 11) is 3.08. The molecular weight excluding hydrogens is 384 g/mol. The van der Waals surface area contributed by atoms with Crippen LogP contribution in [0.2, 0.25) is 0 Å². The molecule has 1 heterocycles. The highest BCUT2D eigenvalue weighted by atomic mass is 16.6. The molecular formula is C23H28N2O5. The third-order valence-corrected chi connectivity index (χ3v) is 4.84. The van der Waals surface area contributed by atoms with E-state index in [0.717, 1.165) is 11.1 Å². The van der Waals surface area contributed by atoms with Crippen LogP contribution < -0.4 is 14.8 Å². The van der Waals surface area contributed by atoms with Crippen molar-refractivity contribution in [2.24, 2.45) is 0 Å². The van der Waals surface area contributed by atoms with E-state index in [-0.39, 0.29) is 5.91 Å². The zero-order valence-electron chi connectivity index (χ0n) is 18.0. The lowest BCUT2D eigenvalue weighted by Crippen LogP contribution is -2.52. The number of carbonyl (C=O) groups excluding carboxylic acids is 2. The molecule has 160 valence electrons. The molecule has 0 aliphatic carbocycles. The molecule has 1 N–H and O–H groups in total. The van der Waals surface area contributed by atoms with Crippen LogP contribution in [0.3, 0.4) is 0 Å². The van der Waals surface area contributed by atoms with E-state index in [2.05, 4.69) is 5.32 Å². The molecule has 0 bridgehead atoms. The van der Waals surface area contributed by atoms with Gasteiger partial charge in [-0.2, -0.15) is 0 Å². The molecule has 2 aromatic carbocycles. The SMILES string of the molecule is COc1ccc(OC)c(NC(=O)[C@H]2Cc3ccccc3CN2C(=O)OC(C)(C)C)c1. The van der Waals surface area contributed by atoms with Crippen LogP contribution in [-0.4, -0.2) is 42.8 Å². The van der Waals surface area contributed by atoms with Gasteiger partial charge in [-0.15, -0.1) is 0 Å². The quantitative estimate of drug-likeness (QED) is 0.821. The molecule has 0 saturated carbocycles. The summed E-state index contributed by atoms with van der Waals surface area (Å²) < 4.78 is 16.2. The van der Waals surface area contributed by atoms with Gasteiger partial charge in [0.25, 0.3) is 0 Å². The lowest BCUT2D eigenvalue weighted by atomic mass is 9.93. The van der Waals surface area contributed by atoms with Crippen LogP contribution >= 0.6 is 0 Å². The summed E-state index contributed by atoms with van der Waals surface area (Å²) in [4.78, 5) is 27.6. The third-order valence-electron chi connectivity index (χ3n) is 4.84. The number of amides is 2. The van der Waals surface area contributed by atoms with E-state index in [4.69, 9.17) is 14.2 Å². The molecule has 0 unspecified atom stereocenters. The van der Waals surface area contributed by atoms with Gasteiger partial charge in [0.15, 0.2) is 0 Å². The highest BCUT2D eigenvalue weighted by Crippen LogP contribution is 2.31. The third kappa shape index (κ3) is 4.84. The van der Waals surface area contributed by atoms with Crippen molar-refractivity contribution in [3.05, 3.63) is 53.6 Å². The fraction of sp³-hybridized carbons (Fsp3) is 0.391. The fourth-order valence-electron chi connectivity index (χ4n) is 3.40. The standard InChI is InChI=1S/C23H28N2O5/c1-23(2,3)30-22(27)25-14-16-9-7-6-8-15(16)12-19(25)21(26)24-18-13-17(28-4)10-11-20(18)29-5/h6-11,13,19H,12,14H2,1-5H3,(H,24,26)/t19-/m1/s1. The summed E-state index contributed by atoms with van der Waals surface area (Å²) in [6, 6.07) is 12.2. The minimum atomic E-state index is -0.717. The lowest BCUT2D eigenvalue weighted by molar-refractivity contribution is -0.121. The molecule has 2 amide bonds. The average molecular weight is 412 g/mol. The van der Waals surface area contributed by atoms with Crippen LogP contribution in [0.25, 0.3) is 0 Å². The van der Waals surface area contributed by atoms with Gasteiger partial charge in [-0.05, 0) is 44.0 Å². The van der Waals surface area contributed by atoms with Crippen LogP contribution in [0, 0.1) is 0 Å². The second-order valence-corrected chi connectivity index (χ2v) is 8.15. The maximum absolute atomic E-state index is 13.3. The molecule has 0 spiro atoms. The number of ether oxygens (including phenoxy) is 3. The molecule has 1 aliphatic rings. The average Bonchev–Trinajstić information content (AvgIpc) is 2.71. The fourth-order valence-corrected chi connectivity index (χ4v) is 3.40. The predicted molar refractivity (Wildman–Crippen MR) is 114 cm³/mol. The number of benzene rings is 2. The number of anilines is 1. The van der Waals surface area contributed by atoms with Crippen molar-refractivity contribution in [1.29, 1.82) is 0 Å². The van der Waals surface area contributed by atoms with E-state index in [1.54, 1.807) is 46.1 Å². The van der Waals surface area contributed by atoms with Crippen molar-refractivity contribution in [2.75, 3.05) is 19.5 Å². The maximum atomic E-state index is 13.3.